The summed E-state index contributed by atoms with van der Waals surface area (Å²) in [6, 6.07) is 2.20. The van der Waals surface area contributed by atoms with Crippen LogP contribution in [0.3, 0.4) is 0 Å². The van der Waals surface area contributed by atoms with Crippen molar-refractivity contribution in [3.63, 3.8) is 0 Å². The van der Waals surface area contributed by atoms with Gasteiger partial charge in [0, 0.05) is 12.7 Å². The quantitative estimate of drug-likeness (QED) is 0.239. The maximum Gasteiger partial charge on any atom is 0.373 e. The average Bonchev–Trinajstić information content (AvgIpc) is 2.66. The van der Waals surface area contributed by atoms with E-state index >= 15 is 0 Å². The number of carboxylic acid groups (broad SMARTS) is 1. The lowest BCUT2D eigenvalue weighted by molar-refractivity contribution is 0.0694. The summed E-state index contributed by atoms with van der Waals surface area (Å²) in [6.45, 7) is 4.51. The van der Waals surface area contributed by atoms with Crippen molar-refractivity contribution in [3.05, 3.63) is 39.8 Å². The van der Waals surface area contributed by atoms with Crippen molar-refractivity contribution >= 4 is 29.3 Å². The number of hydrogen-bond acceptors (Lipinski definition) is 7. The van der Waals surface area contributed by atoms with Gasteiger partial charge in [0.2, 0.25) is 5.43 Å². The van der Waals surface area contributed by atoms with E-state index in [0.717, 1.165) is 0 Å². The molecule has 0 aliphatic rings. The normalized spacial score (nSPS) is 10.3. The van der Waals surface area contributed by atoms with Gasteiger partial charge in [0.25, 0.3) is 0 Å². The minimum Gasteiger partial charge on any atom is -0.477 e. The Morgan fingerprint density at radius 1 is 1.38 bits per heavy atom. The Balaban J connectivity index is 0.000000359. The van der Waals surface area contributed by atoms with Gasteiger partial charge in [0.05, 0.1) is 11.9 Å². The fourth-order valence-electron chi connectivity index (χ4n) is 1.90. The predicted molar refractivity (Wildman–Crippen MR) is 92.1 cm³/mol. The number of carbonyl (C=O) groups excluding carboxylic acids is 2. The molecule has 0 bridgehead atoms. The molecule has 4 N–H and O–H groups in total. The number of azo groups is 1. The molecular formula is C15H18N6O5. The first-order valence-electron chi connectivity index (χ1n) is 7.50. The number of fused-ring (bicyclic) bond motifs is 1. The summed E-state index contributed by atoms with van der Waals surface area (Å²) < 4.78 is 1.53. The molecule has 2 aromatic rings. The highest BCUT2D eigenvalue weighted by atomic mass is 16.4. The third-order valence-corrected chi connectivity index (χ3v) is 3.06. The molecule has 0 spiro atoms. The first-order chi connectivity index (χ1) is 12.4. The number of aromatic nitrogens is 2. The Bertz CT molecular complexity index is 905. The van der Waals surface area contributed by atoms with E-state index < -0.39 is 17.4 Å². The Morgan fingerprint density at radius 3 is 2.58 bits per heavy atom. The zero-order valence-corrected chi connectivity index (χ0v) is 14.2. The van der Waals surface area contributed by atoms with Crippen molar-refractivity contribution in [2.45, 2.75) is 20.4 Å². The summed E-state index contributed by atoms with van der Waals surface area (Å²) in [4.78, 5) is 47.6. The van der Waals surface area contributed by atoms with Gasteiger partial charge in [-0.25, -0.2) is 20.4 Å². The maximum atomic E-state index is 11.9. The Labute approximate surface area is 147 Å². The maximum absolute atomic E-state index is 11.9. The molecule has 2 aromatic heterocycles. The second-order valence-corrected chi connectivity index (χ2v) is 4.70. The van der Waals surface area contributed by atoms with Gasteiger partial charge >= 0.3 is 12.0 Å². The van der Waals surface area contributed by atoms with Crippen molar-refractivity contribution in [3.8, 4) is 0 Å². The number of nitrogens with one attached hydrogen (secondary N) is 1. The van der Waals surface area contributed by atoms with Crippen LogP contribution in [0.5, 0.6) is 0 Å². The highest BCUT2D eigenvalue weighted by Gasteiger charge is 2.14. The molecule has 0 saturated heterocycles. The van der Waals surface area contributed by atoms with E-state index in [1.165, 1.54) is 22.9 Å². The molecular weight excluding hydrogens is 344 g/mol. The first kappa shape index (κ1) is 20.6. The van der Waals surface area contributed by atoms with Gasteiger partial charge < -0.3 is 9.67 Å². The number of carboxylic acids is 1. The number of amides is 2. The number of hydrogen-bond donors (Lipinski definition) is 3. The molecule has 2 heterocycles. The number of pyridine rings is 2. The molecule has 0 aliphatic carbocycles. The number of aromatic carboxylic acids is 1. The van der Waals surface area contributed by atoms with Crippen LogP contribution < -0.4 is 16.7 Å². The van der Waals surface area contributed by atoms with E-state index in [1.807, 2.05) is 0 Å². The molecule has 0 aromatic carbocycles. The molecule has 0 radical (unpaired) electrons. The van der Waals surface area contributed by atoms with Crippen LogP contribution in [0.4, 0.5) is 4.79 Å². The molecule has 2 rings (SSSR count). The minimum absolute atomic E-state index is 0.197. The summed E-state index contributed by atoms with van der Waals surface area (Å²) in [5.74, 6) is 3.39. The van der Waals surface area contributed by atoms with Gasteiger partial charge in [-0.15, -0.1) is 0 Å². The molecule has 11 nitrogen and oxygen atoms in total. The van der Waals surface area contributed by atoms with E-state index in [1.54, 1.807) is 19.3 Å². The van der Waals surface area contributed by atoms with Gasteiger partial charge in [-0.05, 0) is 26.0 Å². The van der Waals surface area contributed by atoms with Crippen LogP contribution in [0.25, 0.3) is 11.0 Å². The first-order valence-corrected chi connectivity index (χ1v) is 7.50. The number of nitrogens with zero attached hydrogens (tertiary/aromatic N) is 4. The van der Waals surface area contributed by atoms with E-state index in [0.29, 0.717) is 25.0 Å². The predicted octanol–water partition coefficient (Wildman–Crippen LogP) is 0.969. The Morgan fingerprint density at radius 2 is 2.08 bits per heavy atom. The standard InChI is InChI=1S/C12H10N2O4.C3H8N4O/c1-2-14-5-9(12(17)18)10(16)8-4-3-7(6-15)13-11(8)14;1-2-5-7-3(8)6-4/h3-6H,2H2,1H3,(H,17,18);2,4H2,1H3,(H,6,8). The molecule has 0 fully saturated rings. The van der Waals surface area contributed by atoms with Crippen LogP contribution in [-0.4, -0.2) is 39.5 Å². The lowest BCUT2D eigenvalue weighted by atomic mass is 10.2. The van der Waals surface area contributed by atoms with Crippen molar-refractivity contribution in [1.82, 2.24) is 15.0 Å². The molecule has 2 amide bonds. The number of urea groups is 1. The molecule has 0 unspecified atom stereocenters. The highest BCUT2D eigenvalue weighted by Crippen LogP contribution is 2.10. The largest absolute Gasteiger partial charge is 0.477 e. The fourth-order valence-corrected chi connectivity index (χ4v) is 1.90. The topological polar surface area (TPSA) is 169 Å². The molecule has 26 heavy (non-hydrogen) atoms. The number of hydrazine groups is 1. The molecule has 0 saturated carbocycles. The van der Waals surface area contributed by atoms with Gasteiger partial charge in [-0.1, -0.05) is 5.11 Å². The van der Waals surface area contributed by atoms with Crippen molar-refractivity contribution in [2.24, 2.45) is 16.1 Å². The van der Waals surface area contributed by atoms with E-state index in [4.69, 9.17) is 5.11 Å². The molecule has 11 heteroatoms. The number of aryl methyl sites for hydroxylation is 1. The van der Waals surface area contributed by atoms with E-state index in [2.05, 4.69) is 21.1 Å². The third kappa shape index (κ3) is 5.01. The number of rotatable bonds is 4. The zero-order valence-electron chi connectivity index (χ0n) is 14.2. The second kappa shape index (κ2) is 9.74. The Kier molecular flexibility index (Phi) is 7.70. The Hall–Kier alpha value is -3.47. The van der Waals surface area contributed by atoms with Gasteiger partial charge in [0.1, 0.15) is 16.9 Å². The molecule has 0 aliphatic heterocycles. The monoisotopic (exact) mass is 362 g/mol. The summed E-state index contributed by atoms with van der Waals surface area (Å²) >= 11 is 0. The smallest absolute Gasteiger partial charge is 0.373 e. The number of carbonyl (C=O) groups is 3. The lowest BCUT2D eigenvalue weighted by Crippen LogP contribution is -2.26. The van der Waals surface area contributed by atoms with E-state index in [-0.39, 0.29) is 16.6 Å². The van der Waals surface area contributed by atoms with Crippen molar-refractivity contribution in [2.75, 3.05) is 6.54 Å². The highest BCUT2D eigenvalue weighted by molar-refractivity contribution is 5.92. The number of nitrogens with two attached hydrogens (primary N) is 1. The molecule has 0 atom stereocenters. The number of aldehydes is 1. The summed E-state index contributed by atoms with van der Waals surface area (Å²) in [6.07, 6.45) is 1.82. The van der Waals surface area contributed by atoms with Crippen LogP contribution in [-0.2, 0) is 6.54 Å². The van der Waals surface area contributed by atoms with Crippen LogP contribution in [0.2, 0.25) is 0 Å². The SMILES string of the molecule is CCN=NC(=O)NN.CCn1cc(C(=O)O)c(=O)c2ccc(C=O)nc21. The molecule has 138 valence electrons. The van der Waals surface area contributed by atoms with Crippen LogP contribution in [0.1, 0.15) is 34.7 Å². The lowest BCUT2D eigenvalue weighted by Gasteiger charge is -2.09. The average molecular weight is 362 g/mol. The van der Waals surface area contributed by atoms with Gasteiger partial charge in [-0.2, -0.15) is 5.11 Å². The summed E-state index contributed by atoms with van der Waals surface area (Å²) in [7, 11) is 0. The van der Waals surface area contributed by atoms with Gasteiger partial charge in [-0.3, -0.25) is 15.0 Å². The minimum atomic E-state index is -1.27. The second-order valence-electron chi connectivity index (χ2n) is 4.70. The van der Waals surface area contributed by atoms with Crippen molar-refractivity contribution in [1.29, 1.82) is 0 Å². The van der Waals surface area contributed by atoms with Crippen molar-refractivity contribution < 1.29 is 19.5 Å². The third-order valence-electron chi connectivity index (χ3n) is 3.06. The fraction of sp³-hybridized carbons (Fsp3) is 0.267. The van der Waals surface area contributed by atoms with E-state index in [9.17, 15) is 19.2 Å². The van der Waals surface area contributed by atoms with Gasteiger partial charge in [0.15, 0.2) is 6.29 Å². The zero-order chi connectivity index (χ0) is 19.7. The van der Waals surface area contributed by atoms with Crippen LogP contribution in [0, 0.1) is 0 Å². The summed E-state index contributed by atoms with van der Waals surface area (Å²) in [5.41, 5.74) is 1.43. The van der Waals surface area contributed by atoms with Crippen LogP contribution in [0.15, 0.2) is 33.4 Å². The summed E-state index contributed by atoms with van der Waals surface area (Å²) in [5, 5.41) is 15.6. The van der Waals surface area contributed by atoms with Crippen LogP contribution >= 0.6 is 0 Å².